The molecule has 0 saturated carbocycles. The van der Waals surface area contributed by atoms with Crippen molar-refractivity contribution in [2.75, 3.05) is 33.2 Å². The normalized spacial score (nSPS) is 19.1. The van der Waals surface area contributed by atoms with Gasteiger partial charge in [0.05, 0.1) is 11.5 Å². The van der Waals surface area contributed by atoms with E-state index in [0.29, 0.717) is 29.9 Å². The van der Waals surface area contributed by atoms with Crippen LogP contribution in [0.25, 0.3) is 0 Å². The quantitative estimate of drug-likeness (QED) is 0.754. The molecule has 0 aromatic carbocycles. The van der Waals surface area contributed by atoms with Crippen molar-refractivity contribution >= 4 is 23.1 Å². The highest BCUT2D eigenvalue weighted by Gasteiger charge is 2.29. The van der Waals surface area contributed by atoms with E-state index in [2.05, 4.69) is 18.7 Å². The van der Waals surface area contributed by atoms with E-state index in [-0.39, 0.29) is 5.91 Å². The van der Waals surface area contributed by atoms with E-state index in [9.17, 15) is 4.79 Å². The summed E-state index contributed by atoms with van der Waals surface area (Å²) in [6.45, 7) is 7.80. The molecule has 110 valence electrons. The summed E-state index contributed by atoms with van der Waals surface area (Å²) >= 11 is 4.83. The summed E-state index contributed by atoms with van der Waals surface area (Å²) in [6.07, 6.45) is 4.20. The van der Waals surface area contributed by atoms with Crippen LogP contribution in [0.2, 0.25) is 0 Å². The monoisotopic (exact) mass is 285 g/mol. The molecule has 0 unspecified atom stereocenters. The second-order valence-electron chi connectivity index (χ2n) is 5.97. The second kappa shape index (κ2) is 7.20. The van der Waals surface area contributed by atoms with E-state index in [1.54, 1.807) is 4.90 Å². The predicted molar refractivity (Wildman–Crippen MR) is 83.1 cm³/mol. The number of amides is 1. The summed E-state index contributed by atoms with van der Waals surface area (Å²) in [5.74, 6) is 0.163. The first kappa shape index (κ1) is 16.4. The van der Waals surface area contributed by atoms with Gasteiger partial charge in [0.15, 0.2) is 0 Å². The van der Waals surface area contributed by atoms with Gasteiger partial charge in [-0.15, -0.1) is 0 Å². The van der Waals surface area contributed by atoms with Crippen LogP contribution in [-0.2, 0) is 4.79 Å². The Hall–Kier alpha value is -0.680. The highest BCUT2D eigenvalue weighted by Crippen LogP contribution is 2.33. The average molecular weight is 285 g/mol. The fraction of sp³-hybridized carbons (Fsp3) is 0.857. The minimum Gasteiger partial charge on any atom is -0.393 e. The highest BCUT2D eigenvalue weighted by atomic mass is 32.1. The Morgan fingerprint density at radius 1 is 1.42 bits per heavy atom. The SMILES string of the molecule is CCC1(C)CCN(CC(=O)N(C)CCC(N)=S)CC1. The third-order valence-electron chi connectivity index (χ3n) is 4.39. The number of carbonyl (C=O) groups is 1. The fourth-order valence-electron chi connectivity index (χ4n) is 2.32. The minimum atomic E-state index is 0.163. The van der Waals surface area contributed by atoms with Gasteiger partial charge in [0.25, 0.3) is 0 Å². The molecule has 0 bridgehead atoms. The molecule has 2 N–H and O–H groups in total. The smallest absolute Gasteiger partial charge is 0.236 e. The van der Waals surface area contributed by atoms with Crippen LogP contribution in [0.15, 0.2) is 0 Å². The van der Waals surface area contributed by atoms with Crippen LogP contribution >= 0.6 is 12.2 Å². The molecule has 0 aromatic heterocycles. The lowest BCUT2D eigenvalue weighted by Gasteiger charge is -2.39. The summed E-state index contributed by atoms with van der Waals surface area (Å²) in [5.41, 5.74) is 5.92. The van der Waals surface area contributed by atoms with Crippen LogP contribution in [0.5, 0.6) is 0 Å². The summed E-state index contributed by atoms with van der Waals surface area (Å²) in [5, 5.41) is 0. The van der Waals surface area contributed by atoms with Crippen LogP contribution in [0.3, 0.4) is 0 Å². The maximum atomic E-state index is 12.1. The number of hydrogen-bond acceptors (Lipinski definition) is 3. The van der Waals surface area contributed by atoms with Crippen molar-refractivity contribution < 1.29 is 4.79 Å². The standard InChI is InChI=1S/C14H27N3OS/c1-4-14(2)6-9-17(10-7-14)11-13(18)16(3)8-5-12(15)19/h4-11H2,1-3H3,(H2,15,19). The second-order valence-corrected chi connectivity index (χ2v) is 6.50. The molecular formula is C14H27N3OS. The molecule has 1 rings (SSSR count). The van der Waals surface area contributed by atoms with E-state index in [4.69, 9.17) is 18.0 Å². The topological polar surface area (TPSA) is 49.6 Å². The minimum absolute atomic E-state index is 0.163. The van der Waals surface area contributed by atoms with E-state index in [0.717, 1.165) is 13.1 Å². The molecule has 0 aromatic rings. The molecular weight excluding hydrogens is 258 g/mol. The van der Waals surface area contributed by atoms with E-state index >= 15 is 0 Å². The Bertz CT molecular complexity index is 325. The van der Waals surface area contributed by atoms with Gasteiger partial charge >= 0.3 is 0 Å². The molecule has 19 heavy (non-hydrogen) atoms. The zero-order chi connectivity index (χ0) is 14.5. The van der Waals surface area contributed by atoms with Gasteiger partial charge < -0.3 is 10.6 Å². The molecule has 1 saturated heterocycles. The van der Waals surface area contributed by atoms with Crippen LogP contribution in [0.4, 0.5) is 0 Å². The summed E-state index contributed by atoms with van der Waals surface area (Å²) in [6, 6.07) is 0. The molecule has 5 heteroatoms. The van der Waals surface area contributed by atoms with Crippen molar-refractivity contribution in [1.29, 1.82) is 0 Å². The average Bonchev–Trinajstić information content (AvgIpc) is 2.38. The molecule has 1 aliphatic heterocycles. The van der Waals surface area contributed by atoms with Crippen molar-refractivity contribution in [2.24, 2.45) is 11.1 Å². The maximum Gasteiger partial charge on any atom is 0.236 e. The van der Waals surface area contributed by atoms with Gasteiger partial charge in [-0.2, -0.15) is 0 Å². The van der Waals surface area contributed by atoms with Crippen molar-refractivity contribution in [3.8, 4) is 0 Å². The molecule has 0 aliphatic carbocycles. The molecule has 0 spiro atoms. The number of carbonyl (C=O) groups excluding carboxylic acids is 1. The van der Waals surface area contributed by atoms with Gasteiger partial charge in [0.2, 0.25) is 5.91 Å². The first-order chi connectivity index (χ1) is 8.86. The number of likely N-dealkylation sites (tertiary alicyclic amines) is 1. The largest absolute Gasteiger partial charge is 0.393 e. The third kappa shape index (κ3) is 5.45. The van der Waals surface area contributed by atoms with Gasteiger partial charge in [-0.1, -0.05) is 32.5 Å². The summed E-state index contributed by atoms with van der Waals surface area (Å²) in [4.78, 5) is 16.5. The van der Waals surface area contributed by atoms with Crippen LogP contribution < -0.4 is 5.73 Å². The number of rotatable bonds is 6. The Morgan fingerprint density at radius 3 is 2.47 bits per heavy atom. The Morgan fingerprint density at radius 2 is 2.00 bits per heavy atom. The highest BCUT2D eigenvalue weighted by molar-refractivity contribution is 7.80. The summed E-state index contributed by atoms with van der Waals surface area (Å²) < 4.78 is 0. The number of nitrogens with zero attached hydrogens (tertiary/aromatic N) is 2. The van der Waals surface area contributed by atoms with Crippen molar-refractivity contribution in [2.45, 2.75) is 39.5 Å². The molecule has 1 fully saturated rings. The molecule has 1 aliphatic rings. The zero-order valence-corrected chi connectivity index (χ0v) is 13.3. The molecule has 1 heterocycles. The Kier molecular flexibility index (Phi) is 6.20. The molecule has 1 amide bonds. The lowest BCUT2D eigenvalue weighted by Crippen LogP contribution is -2.44. The number of hydrogen-bond donors (Lipinski definition) is 1. The first-order valence-electron chi connectivity index (χ1n) is 7.11. The number of thiocarbonyl (C=S) groups is 1. The first-order valence-corrected chi connectivity index (χ1v) is 7.52. The van der Waals surface area contributed by atoms with Gasteiger partial charge in [0, 0.05) is 20.0 Å². The van der Waals surface area contributed by atoms with Crippen molar-refractivity contribution in [3.63, 3.8) is 0 Å². The van der Waals surface area contributed by atoms with Crippen molar-refractivity contribution in [1.82, 2.24) is 9.80 Å². The molecule has 4 nitrogen and oxygen atoms in total. The van der Waals surface area contributed by atoms with Gasteiger partial charge in [0.1, 0.15) is 0 Å². The van der Waals surface area contributed by atoms with Crippen LogP contribution in [-0.4, -0.2) is 53.9 Å². The zero-order valence-electron chi connectivity index (χ0n) is 12.4. The predicted octanol–water partition coefficient (Wildman–Crippen LogP) is 1.63. The van der Waals surface area contributed by atoms with Gasteiger partial charge in [-0.3, -0.25) is 9.69 Å². The Balaban J connectivity index is 2.32. The van der Waals surface area contributed by atoms with E-state index in [1.165, 1.54) is 19.3 Å². The lowest BCUT2D eigenvalue weighted by molar-refractivity contribution is -0.131. The number of piperidine rings is 1. The lowest BCUT2D eigenvalue weighted by atomic mass is 9.78. The molecule has 0 radical (unpaired) electrons. The molecule has 0 atom stereocenters. The van der Waals surface area contributed by atoms with Gasteiger partial charge in [-0.05, 0) is 31.3 Å². The number of nitrogens with two attached hydrogens (primary N) is 1. The third-order valence-corrected chi connectivity index (χ3v) is 4.60. The van der Waals surface area contributed by atoms with Crippen molar-refractivity contribution in [3.05, 3.63) is 0 Å². The van der Waals surface area contributed by atoms with E-state index in [1.807, 2.05) is 7.05 Å². The van der Waals surface area contributed by atoms with Gasteiger partial charge in [-0.25, -0.2) is 0 Å². The van der Waals surface area contributed by atoms with Crippen LogP contribution in [0, 0.1) is 5.41 Å². The maximum absolute atomic E-state index is 12.1. The fourth-order valence-corrected chi connectivity index (χ4v) is 2.41. The van der Waals surface area contributed by atoms with E-state index < -0.39 is 0 Å². The number of likely N-dealkylation sites (N-methyl/N-ethyl adjacent to an activating group) is 1. The van der Waals surface area contributed by atoms with Crippen LogP contribution in [0.1, 0.15) is 39.5 Å². The Labute approximate surface area is 122 Å². The summed E-state index contributed by atoms with van der Waals surface area (Å²) in [7, 11) is 1.82.